The van der Waals surface area contributed by atoms with Crippen molar-refractivity contribution in [3.8, 4) is 0 Å². The maximum atomic E-state index is 11.2. The van der Waals surface area contributed by atoms with E-state index >= 15 is 0 Å². The van der Waals surface area contributed by atoms with Gasteiger partial charge in [-0.05, 0) is 19.3 Å². The van der Waals surface area contributed by atoms with Crippen LogP contribution in [0.25, 0.3) is 0 Å². The second kappa shape index (κ2) is 18.9. The molecule has 0 aliphatic rings. The first-order valence-electron chi connectivity index (χ1n) is 11.0. The van der Waals surface area contributed by atoms with Crippen molar-refractivity contribution < 1.29 is 47.6 Å². The van der Waals surface area contributed by atoms with Crippen molar-refractivity contribution in [1.82, 2.24) is 0 Å². The van der Waals surface area contributed by atoms with Crippen molar-refractivity contribution in [2.75, 3.05) is 0 Å². The first-order valence-corrected chi connectivity index (χ1v) is 12.5. The average Bonchev–Trinajstić information content (AvgIpc) is 2.57. The minimum Gasteiger partial charge on any atom is -0.746 e. The van der Waals surface area contributed by atoms with Gasteiger partial charge in [0, 0.05) is 0 Å². The Morgan fingerprint density at radius 1 is 0.630 bits per heavy atom. The summed E-state index contributed by atoms with van der Waals surface area (Å²) in [6.45, 7) is 4.03. The Balaban J connectivity index is 0. The molecule has 4 nitrogen and oxygen atoms in total. The summed E-state index contributed by atoms with van der Waals surface area (Å²) in [5.41, 5.74) is 0. The van der Waals surface area contributed by atoms with Gasteiger partial charge < -0.3 is 9.66 Å². The second-order valence-electron chi connectivity index (χ2n) is 7.85. The molecule has 158 valence electrons. The minimum atomic E-state index is -4.64. The van der Waals surface area contributed by atoms with Crippen LogP contribution >= 0.6 is 0 Å². The Kier molecular flexibility index (Phi) is 21.0. The molecule has 1 atom stereocenters. The Morgan fingerprint density at radius 2 is 0.963 bits per heavy atom. The van der Waals surface area contributed by atoms with Gasteiger partial charge in [-0.2, -0.15) is 0 Å². The molecule has 0 rings (SSSR count). The smallest absolute Gasteiger partial charge is 0.746 e. The molecular formula is C21H43NaO4S. The van der Waals surface area contributed by atoms with Crippen LogP contribution in [0.3, 0.4) is 0 Å². The van der Waals surface area contributed by atoms with Gasteiger partial charge in [-0.15, -0.1) is 0 Å². The quantitative estimate of drug-likeness (QED) is 0.200. The molecule has 0 spiro atoms. The molecule has 0 aromatic heterocycles. The molecule has 0 bridgehead atoms. The van der Waals surface area contributed by atoms with Gasteiger partial charge in [0.15, 0.2) is 4.93 Å². The van der Waals surface area contributed by atoms with Crippen LogP contribution in [0.2, 0.25) is 0 Å². The van der Waals surface area contributed by atoms with Crippen LogP contribution in [0.1, 0.15) is 129 Å². The molecule has 27 heavy (non-hydrogen) atoms. The van der Waals surface area contributed by atoms with E-state index in [1.54, 1.807) is 6.92 Å². The molecule has 6 heteroatoms. The number of hydrogen-bond acceptors (Lipinski definition) is 4. The van der Waals surface area contributed by atoms with E-state index < -0.39 is 15.1 Å². The third kappa shape index (κ3) is 16.4. The summed E-state index contributed by atoms with van der Waals surface area (Å²) in [4.78, 5) is -2.06. The summed E-state index contributed by atoms with van der Waals surface area (Å²) in [7, 11) is -4.64. The van der Waals surface area contributed by atoms with Crippen LogP contribution in [0.4, 0.5) is 0 Å². The maximum absolute atomic E-state index is 11.2. The molecule has 0 amide bonds. The van der Waals surface area contributed by atoms with Gasteiger partial charge in [0.25, 0.3) is 0 Å². The van der Waals surface area contributed by atoms with E-state index in [-0.39, 0.29) is 42.4 Å². The van der Waals surface area contributed by atoms with Gasteiger partial charge in [0.05, 0.1) is 0 Å². The normalized spacial score (nSPS) is 13.9. The van der Waals surface area contributed by atoms with E-state index in [9.17, 15) is 18.1 Å². The number of aliphatic hydroxyl groups is 1. The van der Waals surface area contributed by atoms with Gasteiger partial charge >= 0.3 is 29.6 Å². The molecule has 0 heterocycles. The van der Waals surface area contributed by atoms with Crippen molar-refractivity contribution in [3.63, 3.8) is 0 Å². The largest absolute Gasteiger partial charge is 1.00 e. The molecule has 0 aromatic rings. The minimum absolute atomic E-state index is 0. The van der Waals surface area contributed by atoms with Crippen LogP contribution in [0, 0.1) is 0 Å². The zero-order valence-electron chi connectivity index (χ0n) is 18.3. The van der Waals surface area contributed by atoms with Gasteiger partial charge in [0.2, 0.25) is 0 Å². The van der Waals surface area contributed by atoms with Crippen molar-refractivity contribution >= 4 is 10.1 Å². The summed E-state index contributed by atoms with van der Waals surface area (Å²) in [5, 5.41) is 10.1. The zero-order chi connectivity index (χ0) is 19.7. The second-order valence-corrected chi connectivity index (χ2v) is 9.52. The first kappa shape index (κ1) is 30.1. The van der Waals surface area contributed by atoms with Gasteiger partial charge in [0.1, 0.15) is 10.1 Å². The van der Waals surface area contributed by atoms with Gasteiger partial charge in [-0.1, -0.05) is 110 Å². The predicted molar refractivity (Wildman–Crippen MR) is 109 cm³/mol. The average molecular weight is 415 g/mol. The summed E-state index contributed by atoms with van der Waals surface area (Å²) >= 11 is 0. The molecule has 0 aliphatic heterocycles. The molecular weight excluding hydrogens is 371 g/mol. The van der Waals surface area contributed by atoms with Crippen molar-refractivity contribution in [3.05, 3.63) is 0 Å². The third-order valence-electron chi connectivity index (χ3n) is 5.28. The maximum Gasteiger partial charge on any atom is 1.00 e. The molecule has 1 N–H and O–H groups in total. The molecule has 0 aliphatic carbocycles. The number of rotatable bonds is 19. The van der Waals surface area contributed by atoms with Crippen LogP contribution in [-0.2, 0) is 10.1 Å². The van der Waals surface area contributed by atoms with E-state index in [1.165, 1.54) is 70.6 Å². The van der Waals surface area contributed by atoms with E-state index in [0.29, 0.717) is 12.8 Å². The van der Waals surface area contributed by atoms with Gasteiger partial charge in [-0.3, -0.25) is 0 Å². The van der Waals surface area contributed by atoms with E-state index in [4.69, 9.17) is 0 Å². The van der Waals surface area contributed by atoms with Crippen LogP contribution in [0.15, 0.2) is 0 Å². The fourth-order valence-corrected chi connectivity index (χ4v) is 4.39. The summed E-state index contributed by atoms with van der Waals surface area (Å²) in [6.07, 6.45) is 19.1. The SMILES string of the molecule is CCCCCCCCCCCCCCCCCC(O)(CCC)S(=O)(=O)[O-].[Na+]. The van der Waals surface area contributed by atoms with E-state index in [2.05, 4.69) is 6.92 Å². The van der Waals surface area contributed by atoms with Crippen molar-refractivity contribution in [2.45, 2.75) is 134 Å². The Hall–Kier alpha value is 0.870. The molecule has 0 fully saturated rings. The molecule has 0 saturated carbocycles. The molecule has 0 radical (unpaired) electrons. The van der Waals surface area contributed by atoms with Crippen LogP contribution in [-0.4, -0.2) is 23.0 Å². The monoisotopic (exact) mass is 414 g/mol. The summed E-state index contributed by atoms with van der Waals surface area (Å²) in [5.74, 6) is 0. The molecule has 1 unspecified atom stereocenters. The standard InChI is InChI=1S/C21H44O4S.Na/c1-3-5-6-7-8-9-10-11-12-13-14-15-16-17-18-20-21(22,19-4-2)26(23,24)25;/h22H,3-20H2,1-2H3,(H,23,24,25);/q;+1/p-1. The van der Waals surface area contributed by atoms with Crippen LogP contribution < -0.4 is 29.6 Å². The van der Waals surface area contributed by atoms with E-state index in [1.807, 2.05) is 0 Å². The fraction of sp³-hybridized carbons (Fsp3) is 1.00. The third-order valence-corrected chi connectivity index (χ3v) is 6.62. The Labute approximate surface area is 191 Å². The number of hydrogen-bond donors (Lipinski definition) is 1. The summed E-state index contributed by atoms with van der Waals surface area (Å²) < 4.78 is 33.6. The zero-order valence-corrected chi connectivity index (χ0v) is 21.1. The molecule has 0 aromatic carbocycles. The van der Waals surface area contributed by atoms with Gasteiger partial charge in [-0.25, -0.2) is 8.42 Å². The fourth-order valence-electron chi connectivity index (χ4n) is 3.54. The van der Waals surface area contributed by atoms with Crippen molar-refractivity contribution in [2.24, 2.45) is 0 Å². The number of unbranched alkanes of at least 4 members (excludes halogenated alkanes) is 14. The topological polar surface area (TPSA) is 77.4 Å². The van der Waals surface area contributed by atoms with E-state index in [0.717, 1.165) is 19.3 Å². The Morgan fingerprint density at radius 3 is 1.26 bits per heavy atom. The Bertz CT molecular complexity index is 414. The predicted octanol–water partition coefficient (Wildman–Crippen LogP) is 3.29. The van der Waals surface area contributed by atoms with Crippen molar-refractivity contribution in [1.29, 1.82) is 0 Å². The first-order chi connectivity index (χ1) is 12.4. The summed E-state index contributed by atoms with van der Waals surface area (Å²) in [6, 6.07) is 0. The molecule has 0 saturated heterocycles. The van der Waals surface area contributed by atoms with Crippen LogP contribution in [0.5, 0.6) is 0 Å².